The van der Waals surface area contributed by atoms with Gasteiger partial charge in [0.1, 0.15) is 0 Å². The highest BCUT2D eigenvalue weighted by atomic mass is 28.3. The smallest absolute Gasteiger partial charge is 0.0623 e. The molecular weight excluding hydrogens is 328 g/mol. The van der Waals surface area contributed by atoms with Crippen LogP contribution in [0.15, 0.2) is 115 Å². The molecule has 0 atom stereocenters. The lowest BCUT2D eigenvalue weighted by molar-refractivity contribution is 1.49. The van der Waals surface area contributed by atoms with E-state index < -0.39 is 144 Å². The van der Waals surface area contributed by atoms with Crippen LogP contribution in [0.25, 0.3) is 0 Å². The van der Waals surface area contributed by atoms with Gasteiger partial charge in [-0.15, -0.1) is 0 Å². The van der Waals surface area contributed by atoms with Crippen LogP contribution >= 0.6 is 0 Å². The van der Waals surface area contributed by atoms with Gasteiger partial charge in [-0.25, -0.2) is 0 Å². The third-order valence-electron chi connectivity index (χ3n) is 3.75. The molecule has 0 aliphatic carbocycles. The summed E-state index contributed by atoms with van der Waals surface area (Å²) >= 11 is 0. The maximum atomic E-state index is 9.03. The Kier molecular flexibility index (Phi) is 1.52. The standard InChI is InChI=1S/C25H22Si/c1-21-17-19-25(20-18-21)26(22-11-5-2-6-12-22,23-13-7-3-8-14-23)24-15-9-4-10-16-24/h2-20H,1H3/i2D,3D,4D,5D,6D,7D,8D,9D,10D,11D,12D,13D,14D,15D,16D,17D,18D,19D,20D. The lowest BCUT2D eigenvalue weighted by Crippen LogP contribution is -2.74. The Morgan fingerprint density at radius 2 is 0.769 bits per heavy atom. The molecule has 4 rings (SSSR count). The van der Waals surface area contributed by atoms with Gasteiger partial charge in [0.25, 0.3) is 0 Å². The van der Waals surface area contributed by atoms with E-state index in [9.17, 15) is 0 Å². The molecule has 0 saturated heterocycles. The summed E-state index contributed by atoms with van der Waals surface area (Å²) in [6.45, 7) is 1.24. The van der Waals surface area contributed by atoms with E-state index in [1.807, 2.05) is 0 Å². The van der Waals surface area contributed by atoms with Gasteiger partial charge >= 0.3 is 0 Å². The molecule has 1 heteroatoms. The van der Waals surface area contributed by atoms with E-state index >= 15 is 0 Å². The fourth-order valence-electron chi connectivity index (χ4n) is 2.62. The van der Waals surface area contributed by atoms with Gasteiger partial charge in [0.2, 0.25) is 0 Å². The van der Waals surface area contributed by atoms with Gasteiger partial charge in [0.05, 0.1) is 26.0 Å². The Bertz CT molecular complexity index is 1570. The van der Waals surface area contributed by atoms with Crippen LogP contribution in [0.1, 0.15) is 31.6 Å². The van der Waals surface area contributed by atoms with Crippen molar-refractivity contribution in [3.63, 3.8) is 0 Å². The van der Waals surface area contributed by atoms with Crippen LogP contribution in [0.2, 0.25) is 0 Å². The molecule has 0 unspecified atom stereocenters. The molecule has 0 aliphatic rings. The summed E-state index contributed by atoms with van der Waals surface area (Å²) in [5.74, 6) is 0. The first kappa shape index (κ1) is 5.55. The van der Waals surface area contributed by atoms with Crippen molar-refractivity contribution < 1.29 is 26.0 Å². The summed E-state index contributed by atoms with van der Waals surface area (Å²) in [6.07, 6.45) is 0. The molecule has 0 aromatic heterocycles. The van der Waals surface area contributed by atoms with Gasteiger partial charge in [-0.2, -0.15) is 0 Å². The third-order valence-corrected chi connectivity index (χ3v) is 7.75. The summed E-state index contributed by atoms with van der Waals surface area (Å²) in [6, 6.07) is -18.2. The van der Waals surface area contributed by atoms with E-state index in [0.717, 1.165) is 0 Å². The minimum atomic E-state index is -5.71. The summed E-state index contributed by atoms with van der Waals surface area (Å²) in [5, 5.41) is -3.46. The van der Waals surface area contributed by atoms with Gasteiger partial charge in [0.15, 0.2) is 8.07 Å². The van der Waals surface area contributed by atoms with Crippen molar-refractivity contribution in [3.8, 4) is 0 Å². The van der Waals surface area contributed by atoms with Crippen LogP contribution in [0.3, 0.4) is 0 Å². The molecule has 0 saturated carbocycles. The molecule has 0 bridgehead atoms. The molecule has 0 N–H and O–H groups in total. The first-order valence-corrected chi connectivity index (χ1v) is 9.50. The highest BCUT2D eigenvalue weighted by Gasteiger charge is 2.40. The van der Waals surface area contributed by atoms with Crippen LogP contribution in [0.5, 0.6) is 0 Å². The van der Waals surface area contributed by atoms with Crippen LogP contribution in [0.4, 0.5) is 0 Å². The molecule has 0 heterocycles. The van der Waals surface area contributed by atoms with Crippen LogP contribution in [-0.2, 0) is 0 Å². The third kappa shape index (κ3) is 2.81. The molecular formula is C25H22Si. The molecule has 26 heavy (non-hydrogen) atoms. The van der Waals surface area contributed by atoms with Crippen molar-refractivity contribution in [3.05, 3.63) is 120 Å². The normalized spacial score (nSPS) is 21.5. The Morgan fingerprint density at radius 1 is 0.462 bits per heavy atom. The SMILES string of the molecule is [2H]c1c([2H])c([2H])c([Si](c2c([2H])c([2H])c([2H])c([2H])c2[2H])(c2c([2H])c([2H])c([2H])c([2H])c2[2H])c2c([2H])c([2H])c(C)c([2H])c2[2H])c([2H])c1[2H]. The molecule has 126 valence electrons. The number of rotatable bonds is 4. The lowest BCUT2D eigenvalue weighted by Gasteiger charge is -2.34. The van der Waals surface area contributed by atoms with Gasteiger partial charge in [-0.1, -0.05) is 120 Å². The molecule has 0 aliphatic heterocycles. The second-order valence-corrected chi connectivity index (χ2v) is 8.75. The second-order valence-electron chi connectivity index (χ2n) is 5.25. The molecule has 4 aromatic carbocycles. The van der Waals surface area contributed by atoms with Crippen molar-refractivity contribution in [2.45, 2.75) is 6.92 Å². The van der Waals surface area contributed by atoms with Crippen molar-refractivity contribution in [1.82, 2.24) is 0 Å². The average molecular weight is 370 g/mol. The van der Waals surface area contributed by atoms with E-state index in [2.05, 4.69) is 0 Å². The summed E-state index contributed by atoms with van der Waals surface area (Å²) in [4.78, 5) is 0. The zero-order chi connectivity index (χ0) is 34.4. The fraction of sp³-hybridized carbons (Fsp3) is 0.0400. The van der Waals surface area contributed by atoms with Gasteiger partial charge < -0.3 is 0 Å². The number of benzene rings is 4. The summed E-state index contributed by atoms with van der Waals surface area (Å²) in [7, 11) is -5.71. The first-order chi connectivity index (χ1) is 20.7. The molecule has 0 amide bonds. The minimum absolute atomic E-state index is 0.195. The van der Waals surface area contributed by atoms with Crippen molar-refractivity contribution >= 4 is 28.8 Å². The molecule has 0 spiro atoms. The zero-order valence-corrected chi connectivity index (χ0v) is 14.5. The Labute approximate surface area is 183 Å². The van der Waals surface area contributed by atoms with E-state index in [-0.39, 0.29) is 5.56 Å². The molecule has 0 fully saturated rings. The largest absolute Gasteiger partial charge is 0.179 e. The van der Waals surface area contributed by atoms with Crippen molar-refractivity contribution in [2.24, 2.45) is 0 Å². The van der Waals surface area contributed by atoms with Crippen LogP contribution in [0, 0.1) is 6.92 Å². The van der Waals surface area contributed by atoms with Gasteiger partial charge in [-0.05, 0) is 27.7 Å². The van der Waals surface area contributed by atoms with Crippen LogP contribution < -0.4 is 20.7 Å². The van der Waals surface area contributed by atoms with E-state index in [1.54, 1.807) is 0 Å². The van der Waals surface area contributed by atoms with Crippen LogP contribution in [-0.4, -0.2) is 8.07 Å². The lowest BCUT2D eigenvalue weighted by atomic mass is 10.2. The average Bonchev–Trinajstić information content (AvgIpc) is 3.00. The maximum absolute atomic E-state index is 9.03. The minimum Gasteiger partial charge on any atom is -0.0623 e. The molecule has 4 aromatic rings. The monoisotopic (exact) mass is 369 g/mol. The van der Waals surface area contributed by atoms with Gasteiger partial charge in [-0.3, -0.25) is 0 Å². The second kappa shape index (κ2) is 7.15. The predicted molar refractivity (Wildman–Crippen MR) is 115 cm³/mol. The van der Waals surface area contributed by atoms with E-state index in [4.69, 9.17) is 26.0 Å². The highest BCUT2D eigenvalue weighted by Crippen LogP contribution is 2.10. The van der Waals surface area contributed by atoms with Crippen molar-refractivity contribution in [2.75, 3.05) is 0 Å². The Balaban J connectivity index is 2.69. The fourth-order valence-corrected chi connectivity index (χ4v) is 6.12. The van der Waals surface area contributed by atoms with E-state index in [1.165, 1.54) is 6.92 Å². The van der Waals surface area contributed by atoms with Gasteiger partial charge in [0, 0.05) is 0 Å². The maximum Gasteiger partial charge on any atom is 0.179 e. The first-order valence-electron chi connectivity index (χ1n) is 17.0. The predicted octanol–water partition coefficient (Wildman–Crippen LogP) is 3.37. The molecule has 0 radical (unpaired) electrons. The highest BCUT2D eigenvalue weighted by molar-refractivity contribution is 7.19. The Hall–Kier alpha value is -2.90. The topological polar surface area (TPSA) is 0 Å². The number of hydrogen-bond donors (Lipinski definition) is 0. The number of hydrogen-bond acceptors (Lipinski definition) is 0. The zero-order valence-electron chi connectivity index (χ0n) is 32.5. The van der Waals surface area contributed by atoms with Crippen molar-refractivity contribution in [1.29, 1.82) is 0 Å². The quantitative estimate of drug-likeness (QED) is 0.382. The summed E-state index contributed by atoms with van der Waals surface area (Å²) in [5.41, 5.74) is -0.195. The summed E-state index contributed by atoms with van der Waals surface area (Å²) < 4.78 is 164. The Morgan fingerprint density at radius 3 is 1.12 bits per heavy atom. The molecule has 0 nitrogen and oxygen atoms in total. The van der Waals surface area contributed by atoms with E-state index in [0.29, 0.717) is 0 Å².